The summed E-state index contributed by atoms with van der Waals surface area (Å²) in [5.41, 5.74) is 4.95. The smallest absolute Gasteiger partial charge is 0.377 e. The van der Waals surface area contributed by atoms with Gasteiger partial charge in [-0.25, -0.2) is 9.78 Å². The van der Waals surface area contributed by atoms with Crippen LogP contribution in [0.2, 0.25) is 0 Å². The van der Waals surface area contributed by atoms with Gasteiger partial charge in [0, 0.05) is 29.7 Å². The van der Waals surface area contributed by atoms with E-state index in [1.54, 1.807) is 4.57 Å². The van der Waals surface area contributed by atoms with Crippen molar-refractivity contribution in [3.05, 3.63) is 92.1 Å². The molecule has 2 unspecified atom stereocenters. The van der Waals surface area contributed by atoms with E-state index in [4.69, 9.17) is 26.5 Å². The normalized spacial score (nSPS) is 17.1. The van der Waals surface area contributed by atoms with Gasteiger partial charge in [-0.3, -0.25) is 18.9 Å². The van der Waals surface area contributed by atoms with Crippen molar-refractivity contribution in [2.45, 2.75) is 65.6 Å². The fourth-order valence-corrected chi connectivity index (χ4v) is 6.04. The summed E-state index contributed by atoms with van der Waals surface area (Å²) in [7, 11) is 0. The van der Waals surface area contributed by atoms with Gasteiger partial charge in [-0.1, -0.05) is 72.8 Å². The highest BCUT2D eigenvalue weighted by Crippen LogP contribution is 2.30. The van der Waals surface area contributed by atoms with Crippen molar-refractivity contribution in [2.75, 3.05) is 13.2 Å². The zero-order valence-corrected chi connectivity index (χ0v) is 24.7. The van der Waals surface area contributed by atoms with Gasteiger partial charge in [-0.2, -0.15) is 0 Å². The molecule has 0 bridgehead atoms. The molecule has 10 heteroatoms. The third-order valence-electron chi connectivity index (χ3n) is 7.53. The SMILES string of the molecule is CCCc1nc(C)c(CC(=S)N2C(C)COCC2C)c(=O)n1Cc1ccc(-c2ccccc2-c2noc(=O)[nH]2)cc1. The van der Waals surface area contributed by atoms with E-state index < -0.39 is 5.76 Å². The summed E-state index contributed by atoms with van der Waals surface area (Å²) in [6.07, 6.45) is 1.97. The molecule has 1 N–H and O–H groups in total. The third kappa shape index (κ3) is 6.08. The monoisotopic (exact) mass is 573 g/mol. The Morgan fingerprint density at radius 2 is 1.73 bits per heavy atom. The zero-order valence-electron chi connectivity index (χ0n) is 23.8. The van der Waals surface area contributed by atoms with Gasteiger partial charge in [0.2, 0.25) is 0 Å². The Morgan fingerprint density at radius 3 is 2.37 bits per heavy atom. The van der Waals surface area contributed by atoms with Gasteiger partial charge in [0.05, 0.1) is 36.8 Å². The summed E-state index contributed by atoms with van der Waals surface area (Å²) in [5.74, 6) is 0.559. The molecule has 0 spiro atoms. The molecule has 1 aliphatic heterocycles. The van der Waals surface area contributed by atoms with Gasteiger partial charge >= 0.3 is 5.76 Å². The number of hydrogen-bond acceptors (Lipinski definition) is 7. The van der Waals surface area contributed by atoms with E-state index in [1.165, 1.54) is 0 Å². The summed E-state index contributed by atoms with van der Waals surface area (Å²) in [6, 6.07) is 16.0. The topological polar surface area (TPSA) is 106 Å². The summed E-state index contributed by atoms with van der Waals surface area (Å²) in [5, 5.41) is 3.85. The van der Waals surface area contributed by atoms with Crippen LogP contribution in [0.5, 0.6) is 0 Å². The van der Waals surface area contributed by atoms with Gasteiger partial charge in [-0.15, -0.1) is 0 Å². The number of ether oxygens (including phenoxy) is 1. The van der Waals surface area contributed by atoms with Crippen molar-refractivity contribution >= 4 is 17.2 Å². The van der Waals surface area contributed by atoms with E-state index in [9.17, 15) is 9.59 Å². The van der Waals surface area contributed by atoms with Gasteiger partial charge in [0.25, 0.3) is 5.56 Å². The molecule has 1 aliphatic rings. The summed E-state index contributed by atoms with van der Waals surface area (Å²) < 4.78 is 12.2. The summed E-state index contributed by atoms with van der Waals surface area (Å²) >= 11 is 5.86. The fraction of sp³-hybridized carbons (Fsp3) is 0.387. The van der Waals surface area contributed by atoms with Gasteiger partial charge in [-0.05, 0) is 43.9 Å². The Labute approximate surface area is 244 Å². The minimum absolute atomic E-state index is 0.0405. The van der Waals surface area contributed by atoms with Crippen molar-refractivity contribution < 1.29 is 9.26 Å². The first-order chi connectivity index (χ1) is 19.8. The Balaban J connectivity index is 1.44. The largest absolute Gasteiger partial charge is 0.439 e. The lowest BCUT2D eigenvalue weighted by atomic mass is 9.98. The Morgan fingerprint density at radius 1 is 1.05 bits per heavy atom. The van der Waals surface area contributed by atoms with Gasteiger partial charge in [0.15, 0.2) is 5.82 Å². The lowest BCUT2D eigenvalue weighted by molar-refractivity contribution is -0.000121. The van der Waals surface area contributed by atoms with Crippen LogP contribution in [0.1, 0.15) is 49.8 Å². The maximum atomic E-state index is 13.9. The number of aryl methyl sites for hydroxylation is 2. The highest BCUT2D eigenvalue weighted by atomic mass is 32.1. The number of aromatic amines is 1. The number of benzene rings is 2. The number of nitrogens with zero attached hydrogens (tertiary/aromatic N) is 4. The van der Waals surface area contributed by atoms with Gasteiger partial charge in [0.1, 0.15) is 5.82 Å². The molecule has 1 saturated heterocycles. The number of H-pyrrole nitrogens is 1. The van der Waals surface area contributed by atoms with Crippen LogP contribution in [-0.4, -0.2) is 54.9 Å². The number of aromatic nitrogens is 4. The van der Waals surface area contributed by atoms with Crippen LogP contribution in [-0.2, 0) is 24.1 Å². The molecule has 214 valence electrons. The number of hydrogen-bond donors (Lipinski definition) is 1. The third-order valence-corrected chi connectivity index (χ3v) is 7.89. The molecule has 0 radical (unpaired) electrons. The summed E-state index contributed by atoms with van der Waals surface area (Å²) in [4.78, 5) is 35.9. The Hall–Kier alpha value is -3.89. The number of morpholine rings is 1. The second-order valence-electron chi connectivity index (χ2n) is 10.6. The standard InChI is InChI=1S/C31H35N5O4S/c1-5-8-27-32-21(4)26(15-28(41)36-19(2)17-39-18-20(36)3)30(37)35(27)16-22-11-13-23(14-12-22)24-9-6-7-10-25(24)29-33-31(38)40-34-29/h6-7,9-14,19-20H,5,8,15-18H2,1-4H3,(H,33,34,38). The first-order valence-electron chi connectivity index (χ1n) is 14.0. The van der Waals surface area contributed by atoms with Crippen LogP contribution in [0.4, 0.5) is 0 Å². The molecule has 2 aromatic carbocycles. The maximum Gasteiger partial charge on any atom is 0.439 e. The Bertz CT molecular complexity index is 1650. The van der Waals surface area contributed by atoms with Crippen LogP contribution < -0.4 is 11.3 Å². The average Bonchev–Trinajstić information content (AvgIpc) is 3.39. The van der Waals surface area contributed by atoms with E-state index in [2.05, 4.69) is 35.8 Å². The first-order valence-corrected chi connectivity index (χ1v) is 14.4. The van der Waals surface area contributed by atoms with E-state index in [0.29, 0.717) is 44.0 Å². The number of nitrogens with one attached hydrogen (secondary N) is 1. The predicted octanol–water partition coefficient (Wildman–Crippen LogP) is 4.54. The highest BCUT2D eigenvalue weighted by molar-refractivity contribution is 7.80. The quantitative estimate of drug-likeness (QED) is 0.306. The molecule has 0 aliphatic carbocycles. The Kier molecular flexibility index (Phi) is 8.60. The molecule has 2 aromatic heterocycles. The van der Waals surface area contributed by atoms with Crippen LogP contribution in [0, 0.1) is 6.92 Å². The minimum Gasteiger partial charge on any atom is -0.377 e. The van der Waals surface area contributed by atoms with Crippen LogP contribution in [0.15, 0.2) is 62.6 Å². The van der Waals surface area contributed by atoms with E-state index in [-0.39, 0.29) is 17.6 Å². The van der Waals surface area contributed by atoms with Crippen molar-refractivity contribution in [3.8, 4) is 22.5 Å². The molecule has 9 nitrogen and oxygen atoms in total. The van der Waals surface area contributed by atoms with Crippen LogP contribution >= 0.6 is 12.2 Å². The van der Waals surface area contributed by atoms with Crippen LogP contribution in [0.25, 0.3) is 22.5 Å². The average molecular weight is 574 g/mol. The maximum absolute atomic E-state index is 13.9. The van der Waals surface area contributed by atoms with Crippen LogP contribution in [0.3, 0.4) is 0 Å². The fourth-order valence-electron chi connectivity index (χ4n) is 5.54. The molecule has 3 heterocycles. The predicted molar refractivity (Wildman–Crippen MR) is 162 cm³/mol. The van der Waals surface area contributed by atoms with Crippen molar-refractivity contribution in [2.24, 2.45) is 0 Å². The van der Waals surface area contributed by atoms with E-state index in [0.717, 1.165) is 45.2 Å². The van der Waals surface area contributed by atoms with Crippen molar-refractivity contribution in [1.29, 1.82) is 0 Å². The minimum atomic E-state index is -0.598. The van der Waals surface area contributed by atoms with E-state index in [1.807, 2.05) is 55.5 Å². The molecule has 0 amide bonds. The lowest BCUT2D eigenvalue weighted by Crippen LogP contribution is -2.52. The molecule has 1 fully saturated rings. The highest BCUT2D eigenvalue weighted by Gasteiger charge is 2.28. The summed E-state index contributed by atoms with van der Waals surface area (Å²) in [6.45, 7) is 9.85. The zero-order chi connectivity index (χ0) is 29.1. The molecule has 5 rings (SSSR count). The molecule has 41 heavy (non-hydrogen) atoms. The lowest BCUT2D eigenvalue weighted by Gasteiger charge is -2.40. The van der Waals surface area contributed by atoms with Gasteiger partial charge < -0.3 is 9.64 Å². The molecule has 2 atom stereocenters. The second kappa shape index (κ2) is 12.3. The molecule has 4 aromatic rings. The molecular weight excluding hydrogens is 538 g/mol. The first kappa shape index (κ1) is 28.6. The second-order valence-corrected chi connectivity index (χ2v) is 11.1. The van der Waals surface area contributed by atoms with Crippen molar-refractivity contribution in [1.82, 2.24) is 24.6 Å². The molecule has 0 saturated carbocycles. The molecular formula is C31H35N5O4S. The number of rotatable bonds is 8. The van der Waals surface area contributed by atoms with E-state index >= 15 is 0 Å². The number of thiocarbonyl (C=S) groups is 1. The van der Waals surface area contributed by atoms with Crippen molar-refractivity contribution in [3.63, 3.8) is 0 Å².